The van der Waals surface area contributed by atoms with Crippen molar-refractivity contribution in [3.05, 3.63) is 48.5 Å². The summed E-state index contributed by atoms with van der Waals surface area (Å²) < 4.78 is 5.65. The van der Waals surface area contributed by atoms with Gasteiger partial charge in [-0.15, -0.1) is 0 Å². The Labute approximate surface area is 135 Å². The molecule has 0 radical (unpaired) electrons. The first kappa shape index (κ1) is 20.2. The third-order valence-corrected chi connectivity index (χ3v) is 2.92. The Morgan fingerprint density at radius 2 is 1.05 bits per heavy atom. The smallest absolute Gasteiger partial charge is 0.135 e. The zero-order valence-corrected chi connectivity index (χ0v) is 15.2. The predicted molar refractivity (Wildman–Crippen MR) is 101 cm³/mol. The SMILES string of the molecule is CC.CC.CCN(C)C.c1ccc2c(c1)oc1ccccc12. The molecule has 0 amide bonds. The van der Waals surface area contributed by atoms with Crippen molar-refractivity contribution in [1.82, 2.24) is 4.90 Å². The van der Waals surface area contributed by atoms with Gasteiger partial charge in [0.2, 0.25) is 0 Å². The molecule has 1 aromatic heterocycles. The Kier molecular flexibility index (Phi) is 10.8. The van der Waals surface area contributed by atoms with Crippen LogP contribution >= 0.6 is 0 Å². The molecule has 122 valence electrons. The van der Waals surface area contributed by atoms with Crippen LogP contribution < -0.4 is 0 Å². The third-order valence-electron chi connectivity index (χ3n) is 2.92. The van der Waals surface area contributed by atoms with E-state index in [1.54, 1.807) is 0 Å². The summed E-state index contributed by atoms with van der Waals surface area (Å²) in [5.41, 5.74) is 1.92. The Balaban J connectivity index is 0.000000420. The molecule has 1 heterocycles. The van der Waals surface area contributed by atoms with Gasteiger partial charge in [0, 0.05) is 10.8 Å². The van der Waals surface area contributed by atoms with Gasteiger partial charge in [-0.1, -0.05) is 71.0 Å². The lowest BCUT2D eigenvalue weighted by atomic mass is 10.2. The number of hydrogen-bond acceptors (Lipinski definition) is 2. The van der Waals surface area contributed by atoms with Crippen molar-refractivity contribution in [3.8, 4) is 0 Å². The van der Waals surface area contributed by atoms with Crippen LogP contribution in [0, 0.1) is 0 Å². The topological polar surface area (TPSA) is 16.4 Å². The molecule has 2 aromatic carbocycles. The van der Waals surface area contributed by atoms with Crippen LogP contribution in [0.5, 0.6) is 0 Å². The molecule has 0 saturated carbocycles. The lowest BCUT2D eigenvalue weighted by Crippen LogP contribution is -2.08. The van der Waals surface area contributed by atoms with Crippen LogP contribution in [-0.2, 0) is 0 Å². The van der Waals surface area contributed by atoms with Gasteiger partial charge in [-0.25, -0.2) is 0 Å². The Hall–Kier alpha value is -1.80. The van der Waals surface area contributed by atoms with Crippen LogP contribution in [0.15, 0.2) is 52.9 Å². The monoisotopic (exact) mass is 301 g/mol. The number of hydrogen-bond donors (Lipinski definition) is 0. The molecule has 22 heavy (non-hydrogen) atoms. The second-order valence-electron chi connectivity index (χ2n) is 4.49. The molecule has 3 rings (SSSR count). The quantitative estimate of drug-likeness (QED) is 0.531. The average Bonchev–Trinajstić information content (AvgIpc) is 2.97. The maximum absolute atomic E-state index is 5.65. The van der Waals surface area contributed by atoms with Gasteiger partial charge in [0.1, 0.15) is 11.2 Å². The molecule has 0 fully saturated rings. The highest BCUT2D eigenvalue weighted by Crippen LogP contribution is 2.27. The lowest BCUT2D eigenvalue weighted by Gasteiger charge is -2.00. The van der Waals surface area contributed by atoms with Crippen LogP contribution in [0.2, 0.25) is 0 Å². The predicted octanol–water partition coefficient (Wildman–Crippen LogP) is 6.21. The van der Waals surface area contributed by atoms with E-state index in [0.717, 1.165) is 17.7 Å². The summed E-state index contributed by atoms with van der Waals surface area (Å²) in [5, 5.41) is 2.39. The van der Waals surface area contributed by atoms with Gasteiger partial charge in [0.25, 0.3) is 0 Å². The first-order valence-electron chi connectivity index (χ1n) is 8.23. The van der Waals surface area contributed by atoms with Gasteiger partial charge < -0.3 is 9.32 Å². The molecule has 2 nitrogen and oxygen atoms in total. The van der Waals surface area contributed by atoms with Gasteiger partial charge in [-0.3, -0.25) is 0 Å². The minimum atomic E-state index is 0.962. The van der Waals surface area contributed by atoms with Crippen molar-refractivity contribution >= 4 is 21.9 Å². The summed E-state index contributed by atoms with van der Waals surface area (Å²) in [7, 11) is 4.11. The van der Waals surface area contributed by atoms with Crippen molar-refractivity contribution in [2.45, 2.75) is 34.6 Å². The summed E-state index contributed by atoms with van der Waals surface area (Å²) in [6, 6.07) is 16.2. The normalized spacial score (nSPS) is 9.27. The summed E-state index contributed by atoms with van der Waals surface area (Å²) in [5.74, 6) is 0. The van der Waals surface area contributed by atoms with E-state index < -0.39 is 0 Å². The van der Waals surface area contributed by atoms with Crippen LogP contribution in [0.4, 0.5) is 0 Å². The Morgan fingerprint density at radius 1 is 0.727 bits per heavy atom. The van der Waals surface area contributed by atoms with Crippen LogP contribution in [-0.4, -0.2) is 25.5 Å². The highest BCUT2D eigenvalue weighted by Gasteiger charge is 2.03. The fraction of sp³-hybridized carbons (Fsp3) is 0.400. The lowest BCUT2D eigenvalue weighted by molar-refractivity contribution is 0.434. The van der Waals surface area contributed by atoms with Gasteiger partial charge in [0.05, 0.1) is 0 Å². The van der Waals surface area contributed by atoms with E-state index in [-0.39, 0.29) is 0 Å². The van der Waals surface area contributed by atoms with E-state index in [4.69, 9.17) is 4.42 Å². The molecule has 0 saturated heterocycles. The Bertz CT molecular complexity index is 575. The van der Waals surface area contributed by atoms with E-state index in [1.165, 1.54) is 10.8 Å². The third kappa shape index (κ3) is 5.90. The number of benzene rings is 2. The highest BCUT2D eigenvalue weighted by molar-refractivity contribution is 6.04. The second-order valence-corrected chi connectivity index (χ2v) is 4.49. The summed E-state index contributed by atoms with van der Waals surface area (Å²) >= 11 is 0. The standard InChI is InChI=1S/C12H8O.C4H11N.2C2H6/c1-3-7-11-9(5-1)10-6-2-4-8-12(10)13-11;1-4-5(2)3;2*1-2/h1-8H;4H2,1-3H3;2*1-2H3. The fourth-order valence-corrected chi connectivity index (χ4v) is 1.67. The van der Waals surface area contributed by atoms with Gasteiger partial charge in [-0.05, 0) is 32.8 Å². The maximum Gasteiger partial charge on any atom is 0.135 e. The average molecular weight is 301 g/mol. The van der Waals surface area contributed by atoms with Crippen molar-refractivity contribution in [1.29, 1.82) is 0 Å². The van der Waals surface area contributed by atoms with E-state index in [9.17, 15) is 0 Å². The molecule has 0 spiro atoms. The van der Waals surface area contributed by atoms with Crippen LogP contribution in [0.25, 0.3) is 21.9 Å². The van der Waals surface area contributed by atoms with Gasteiger partial charge >= 0.3 is 0 Å². The first-order valence-corrected chi connectivity index (χ1v) is 8.23. The maximum atomic E-state index is 5.65. The number of furan rings is 1. The minimum Gasteiger partial charge on any atom is -0.456 e. The van der Waals surface area contributed by atoms with E-state index in [0.29, 0.717) is 0 Å². The molecule has 0 atom stereocenters. The molecule has 0 bridgehead atoms. The zero-order chi connectivity index (χ0) is 17.0. The minimum absolute atomic E-state index is 0.962. The van der Waals surface area contributed by atoms with Crippen LogP contribution in [0.1, 0.15) is 34.6 Å². The van der Waals surface area contributed by atoms with Gasteiger partial charge in [-0.2, -0.15) is 0 Å². The molecule has 0 unspecified atom stereocenters. The molecule has 0 aliphatic rings. The number of rotatable bonds is 1. The van der Waals surface area contributed by atoms with E-state index in [2.05, 4.69) is 38.1 Å². The molecule has 0 N–H and O–H groups in total. The number of nitrogens with zero attached hydrogens (tertiary/aromatic N) is 1. The molecule has 3 aromatic rings. The summed E-state index contributed by atoms with van der Waals surface area (Å²) in [6.45, 7) is 11.3. The molecule has 2 heteroatoms. The first-order chi connectivity index (χ1) is 10.7. The van der Waals surface area contributed by atoms with E-state index in [1.807, 2.05) is 64.1 Å². The molecule has 0 aliphatic carbocycles. The largest absolute Gasteiger partial charge is 0.456 e. The van der Waals surface area contributed by atoms with Crippen molar-refractivity contribution in [3.63, 3.8) is 0 Å². The second kappa shape index (κ2) is 11.8. The van der Waals surface area contributed by atoms with Crippen molar-refractivity contribution in [2.75, 3.05) is 20.6 Å². The summed E-state index contributed by atoms with van der Waals surface area (Å²) in [4.78, 5) is 2.12. The van der Waals surface area contributed by atoms with Crippen molar-refractivity contribution in [2.24, 2.45) is 0 Å². The van der Waals surface area contributed by atoms with Crippen molar-refractivity contribution < 1.29 is 4.42 Å². The van der Waals surface area contributed by atoms with E-state index >= 15 is 0 Å². The number of para-hydroxylation sites is 2. The Morgan fingerprint density at radius 3 is 1.36 bits per heavy atom. The molecule has 0 aliphatic heterocycles. The van der Waals surface area contributed by atoms with Gasteiger partial charge in [0.15, 0.2) is 0 Å². The zero-order valence-electron chi connectivity index (χ0n) is 15.2. The highest BCUT2D eigenvalue weighted by atomic mass is 16.3. The summed E-state index contributed by atoms with van der Waals surface area (Å²) in [6.07, 6.45) is 0. The molecular weight excluding hydrogens is 270 g/mol. The fourth-order valence-electron chi connectivity index (χ4n) is 1.67. The molecular formula is C20H31NO. The van der Waals surface area contributed by atoms with Crippen LogP contribution in [0.3, 0.4) is 0 Å². The number of fused-ring (bicyclic) bond motifs is 3.